The van der Waals surface area contributed by atoms with E-state index in [-0.39, 0.29) is 11.9 Å². The van der Waals surface area contributed by atoms with E-state index in [0.717, 1.165) is 38.0 Å². The van der Waals surface area contributed by atoms with E-state index in [9.17, 15) is 4.79 Å². The largest absolute Gasteiger partial charge is 0.469 e. The van der Waals surface area contributed by atoms with Crippen LogP contribution in [0.2, 0.25) is 0 Å². The van der Waals surface area contributed by atoms with Gasteiger partial charge in [0.15, 0.2) is 0 Å². The van der Waals surface area contributed by atoms with Crippen LogP contribution in [0.4, 0.5) is 0 Å². The molecule has 0 bridgehead atoms. The molecule has 86 valence electrons. The van der Waals surface area contributed by atoms with Gasteiger partial charge < -0.3 is 4.74 Å². The van der Waals surface area contributed by atoms with Gasteiger partial charge in [-0.25, -0.2) is 0 Å². The van der Waals surface area contributed by atoms with Crippen molar-refractivity contribution >= 4 is 17.6 Å². The summed E-state index contributed by atoms with van der Waals surface area (Å²) < 4.78 is 4.74. The van der Waals surface area contributed by atoms with Gasteiger partial charge >= 0.3 is 5.97 Å². The molecule has 1 fully saturated rings. The molecule has 0 N–H and O–H groups in total. The summed E-state index contributed by atoms with van der Waals surface area (Å²) in [6.45, 7) is 4.81. The third-order valence-corrected chi connectivity index (χ3v) is 3.15. The summed E-state index contributed by atoms with van der Waals surface area (Å²) in [5.41, 5.74) is 2.78. The normalized spacial score (nSPS) is 20.3. The van der Waals surface area contributed by atoms with Gasteiger partial charge in [0.05, 0.1) is 13.0 Å². The second-order valence-electron chi connectivity index (χ2n) is 4.03. The van der Waals surface area contributed by atoms with Gasteiger partial charge in [-0.1, -0.05) is 11.6 Å². The maximum absolute atomic E-state index is 11.3. The number of halogens is 1. The highest BCUT2D eigenvalue weighted by molar-refractivity contribution is 6.25. The van der Waals surface area contributed by atoms with Crippen molar-refractivity contribution in [1.82, 2.24) is 4.90 Å². The van der Waals surface area contributed by atoms with Gasteiger partial charge in [0.25, 0.3) is 0 Å². The van der Waals surface area contributed by atoms with E-state index in [4.69, 9.17) is 16.3 Å². The molecule has 1 heterocycles. The van der Waals surface area contributed by atoms with Crippen molar-refractivity contribution in [2.75, 3.05) is 26.7 Å². The number of ether oxygens (including phenoxy) is 1. The molecule has 0 amide bonds. The molecule has 0 atom stereocenters. The number of hydrogen-bond acceptors (Lipinski definition) is 3. The smallest absolute Gasteiger partial charge is 0.308 e. The van der Waals surface area contributed by atoms with Gasteiger partial charge in [0, 0.05) is 12.1 Å². The number of likely N-dealkylation sites (tertiary alicyclic amines) is 1. The molecule has 1 saturated heterocycles. The molecule has 4 heteroatoms. The first-order valence-electron chi connectivity index (χ1n) is 5.23. The van der Waals surface area contributed by atoms with Crippen molar-refractivity contribution in [2.24, 2.45) is 5.92 Å². The van der Waals surface area contributed by atoms with Crippen LogP contribution in [-0.2, 0) is 9.53 Å². The van der Waals surface area contributed by atoms with E-state index in [2.05, 4.69) is 4.90 Å². The van der Waals surface area contributed by atoms with Gasteiger partial charge in [0.2, 0.25) is 0 Å². The molecule has 15 heavy (non-hydrogen) atoms. The molecule has 0 aromatic rings. The predicted octanol–water partition coefficient (Wildman–Crippen LogP) is 2.01. The Morgan fingerprint density at radius 2 is 2.13 bits per heavy atom. The van der Waals surface area contributed by atoms with Crippen LogP contribution in [0.1, 0.15) is 19.8 Å². The number of hydrogen-bond donors (Lipinski definition) is 0. The molecular weight excluding hydrogens is 214 g/mol. The Balaban J connectivity index is 2.33. The predicted molar refractivity (Wildman–Crippen MR) is 60.8 cm³/mol. The van der Waals surface area contributed by atoms with Gasteiger partial charge in [-0.05, 0) is 38.4 Å². The average molecular weight is 232 g/mol. The minimum Gasteiger partial charge on any atom is -0.469 e. The Bertz CT molecular complexity index is 245. The lowest BCUT2D eigenvalue weighted by atomic mass is 9.97. The molecule has 0 saturated carbocycles. The van der Waals surface area contributed by atoms with Gasteiger partial charge in [-0.15, -0.1) is 0 Å². The van der Waals surface area contributed by atoms with Crippen molar-refractivity contribution in [2.45, 2.75) is 19.8 Å². The van der Waals surface area contributed by atoms with E-state index in [0.29, 0.717) is 0 Å². The summed E-state index contributed by atoms with van der Waals surface area (Å²) in [5.74, 6) is 0.0193. The zero-order chi connectivity index (χ0) is 11.3. The maximum Gasteiger partial charge on any atom is 0.308 e. The van der Waals surface area contributed by atoms with Gasteiger partial charge in [0.1, 0.15) is 0 Å². The second kappa shape index (κ2) is 6.13. The quantitative estimate of drug-likeness (QED) is 0.696. The molecule has 1 rings (SSSR count). The molecule has 0 spiro atoms. The number of carbonyl (C=O) groups excluding carboxylic acids is 1. The van der Waals surface area contributed by atoms with Crippen LogP contribution in [-0.4, -0.2) is 37.6 Å². The third-order valence-electron chi connectivity index (χ3n) is 2.78. The van der Waals surface area contributed by atoms with Crippen LogP contribution in [0.5, 0.6) is 0 Å². The fourth-order valence-electron chi connectivity index (χ4n) is 1.88. The van der Waals surface area contributed by atoms with E-state index in [1.165, 1.54) is 7.11 Å². The highest BCUT2D eigenvalue weighted by atomic mass is 35.5. The van der Waals surface area contributed by atoms with Gasteiger partial charge in [-0.2, -0.15) is 0 Å². The Morgan fingerprint density at radius 1 is 1.53 bits per heavy atom. The average Bonchev–Trinajstić information content (AvgIpc) is 2.29. The van der Waals surface area contributed by atoms with Crippen molar-refractivity contribution < 1.29 is 9.53 Å². The number of nitrogens with zero attached hydrogens (tertiary/aromatic N) is 1. The lowest BCUT2D eigenvalue weighted by Gasteiger charge is -2.30. The maximum atomic E-state index is 11.3. The summed E-state index contributed by atoms with van der Waals surface area (Å²) >= 11 is 5.61. The molecule has 0 aliphatic carbocycles. The minimum atomic E-state index is -0.0701. The standard InChI is InChI=1S/C11H18ClNO2/c1-9(7-12)8-13-5-3-10(4-6-13)11(14)15-2/h7,10H,3-6,8H2,1-2H3. The first kappa shape index (κ1) is 12.5. The van der Waals surface area contributed by atoms with E-state index < -0.39 is 0 Å². The molecule has 1 aliphatic heterocycles. The van der Waals surface area contributed by atoms with Crippen molar-refractivity contribution in [3.8, 4) is 0 Å². The lowest BCUT2D eigenvalue weighted by Crippen LogP contribution is -2.37. The molecule has 3 nitrogen and oxygen atoms in total. The number of methoxy groups -OCH3 is 1. The summed E-state index contributed by atoms with van der Waals surface area (Å²) in [5, 5.41) is 0. The Morgan fingerprint density at radius 3 is 2.60 bits per heavy atom. The van der Waals surface area contributed by atoms with E-state index in [1.807, 2.05) is 6.92 Å². The highest BCUT2D eigenvalue weighted by Gasteiger charge is 2.25. The lowest BCUT2D eigenvalue weighted by molar-refractivity contribution is -0.147. The Kier molecular flexibility index (Phi) is 5.12. The monoisotopic (exact) mass is 231 g/mol. The van der Waals surface area contributed by atoms with Crippen molar-refractivity contribution in [1.29, 1.82) is 0 Å². The summed E-state index contributed by atoms with van der Waals surface area (Å²) in [7, 11) is 1.45. The molecule has 1 aliphatic rings. The molecule has 0 radical (unpaired) electrons. The van der Waals surface area contributed by atoms with E-state index in [1.54, 1.807) is 5.54 Å². The summed E-state index contributed by atoms with van der Waals surface area (Å²) in [4.78, 5) is 13.6. The molecular formula is C11H18ClNO2. The van der Waals surface area contributed by atoms with Crippen LogP contribution >= 0.6 is 11.6 Å². The minimum absolute atomic E-state index is 0.0701. The Hall–Kier alpha value is -0.540. The van der Waals surface area contributed by atoms with Crippen LogP contribution in [0.25, 0.3) is 0 Å². The molecule has 0 aromatic carbocycles. The van der Waals surface area contributed by atoms with Crippen molar-refractivity contribution in [3.05, 3.63) is 11.1 Å². The Labute approximate surface area is 96.0 Å². The van der Waals surface area contributed by atoms with E-state index >= 15 is 0 Å². The van der Waals surface area contributed by atoms with Crippen LogP contribution < -0.4 is 0 Å². The first-order valence-corrected chi connectivity index (χ1v) is 5.67. The van der Waals surface area contributed by atoms with Gasteiger partial charge in [-0.3, -0.25) is 9.69 Å². The number of carbonyl (C=O) groups is 1. The zero-order valence-electron chi connectivity index (χ0n) is 9.33. The topological polar surface area (TPSA) is 29.5 Å². The molecule has 0 aromatic heterocycles. The summed E-state index contributed by atoms with van der Waals surface area (Å²) in [6.07, 6.45) is 1.78. The fourth-order valence-corrected chi connectivity index (χ4v) is 1.95. The number of piperidine rings is 1. The second-order valence-corrected chi connectivity index (χ2v) is 4.25. The van der Waals surface area contributed by atoms with Crippen LogP contribution in [0.3, 0.4) is 0 Å². The first-order chi connectivity index (χ1) is 7.17. The fraction of sp³-hybridized carbons (Fsp3) is 0.727. The molecule has 0 unspecified atom stereocenters. The van der Waals surface area contributed by atoms with Crippen LogP contribution in [0.15, 0.2) is 11.1 Å². The zero-order valence-corrected chi connectivity index (χ0v) is 10.1. The summed E-state index contributed by atoms with van der Waals surface area (Å²) in [6, 6.07) is 0. The highest BCUT2D eigenvalue weighted by Crippen LogP contribution is 2.19. The number of rotatable bonds is 3. The SMILES string of the molecule is COC(=O)C1CCN(CC(C)=CCl)CC1. The van der Waals surface area contributed by atoms with Crippen LogP contribution in [0, 0.1) is 5.92 Å². The third kappa shape index (κ3) is 3.84. The number of esters is 1. The van der Waals surface area contributed by atoms with Crippen molar-refractivity contribution in [3.63, 3.8) is 0 Å².